The minimum Gasteiger partial charge on any atom is -0.445 e. The molecule has 2 fully saturated rings. The van der Waals surface area contributed by atoms with E-state index in [9.17, 15) is 52.7 Å². The summed E-state index contributed by atoms with van der Waals surface area (Å²) in [6, 6.07) is 32.7. The fourth-order valence-electron chi connectivity index (χ4n) is 17.9. The molecule has 10 amide bonds. The van der Waals surface area contributed by atoms with Gasteiger partial charge in [0.25, 0.3) is 0 Å². The number of anilines is 3. The number of aryl methyl sites for hydroxylation is 3. The number of nitrogens with two attached hydrogens (primary N) is 1. The molecule has 0 spiro atoms. The molecule has 5 aromatic rings. The Morgan fingerprint density at radius 2 is 1.15 bits per heavy atom. The number of primary amides is 1. The number of ether oxygens (including phenoxy) is 6. The monoisotopic (exact) mass is 1610 g/mol. The Kier molecular flexibility index (Phi) is 32.2. The second-order valence-corrected chi connectivity index (χ2v) is 32.9. The standard InChI is InChI=1S/C91H117N9O17/c1-60(2)82(98-79(104)37-45-112-47-49-114-51-52-115-50-48-113-46-43-93-78(103)34-35-81(106)100-57-68-17-9-8-15-63(68)24-25-66-16-10-11-19-74(66)100)75(102)54-67(18-12-42-94-86(92)110)83(107)97-69-29-21-62(22-30-69)58-117-87(111)95-56-71(101)36-44-116-59-80(105)96-70-31-26-65-28-33-77-89(5,73(65)55-70)39-14-41-91(77,7)85(109)99-84(108)90(6)40-13-38-88(4)72-53-61(3)20-23-64(72)27-32-76(88)90/h8-11,15-17,19-23,26,29-31,53,55,60,67,76-77,82H,12-14,18,27-28,32-52,54,56-59H2,1-7H3,(H,93,103)(H,95,111)(H,96,105)(H,97,107)(H,98,104)(H3,92,94,110)(H,99,108,109)/t67-,76-,77-,82+,88-,89-,90+,91+/m1/s1. The van der Waals surface area contributed by atoms with Gasteiger partial charge in [0.05, 0.1) is 95.1 Å². The second kappa shape index (κ2) is 42.3. The van der Waals surface area contributed by atoms with Gasteiger partial charge in [0.2, 0.25) is 41.4 Å². The van der Waals surface area contributed by atoms with Gasteiger partial charge in [0.15, 0.2) is 11.6 Å². The van der Waals surface area contributed by atoms with Crippen molar-refractivity contribution in [1.82, 2.24) is 26.6 Å². The molecule has 4 aliphatic carbocycles. The average molecular weight is 1610 g/mol. The molecule has 10 rings (SSSR count). The summed E-state index contributed by atoms with van der Waals surface area (Å²) in [5, 5.41) is 19.4. The third-order valence-corrected chi connectivity index (χ3v) is 24.3. The summed E-state index contributed by atoms with van der Waals surface area (Å²) in [6.07, 6.45) is 7.81. The smallest absolute Gasteiger partial charge is 0.407 e. The van der Waals surface area contributed by atoms with Gasteiger partial charge < -0.3 is 71.0 Å². The van der Waals surface area contributed by atoms with Crippen LogP contribution >= 0.6 is 0 Å². The lowest BCUT2D eigenvalue weighted by Gasteiger charge is -2.56. The maximum absolute atomic E-state index is 14.8. The van der Waals surface area contributed by atoms with Crippen molar-refractivity contribution in [2.75, 3.05) is 101 Å². The number of para-hydroxylation sites is 1. The molecular weight excluding hydrogens is 1490 g/mol. The van der Waals surface area contributed by atoms with Crippen molar-refractivity contribution in [2.45, 2.75) is 188 Å². The first kappa shape index (κ1) is 89.2. The Morgan fingerprint density at radius 3 is 1.81 bits per heavy atom. The largest absolute Gasteiger partial charge is 0.445 e. The van der Waals surface area contributed by atoms with Gasteiger partial charge in [0.1, 0.15) is 13.2 Å². The zero-order chi connectivity index (χ0) is 83.7. The van der Waals surface area contributed by atoms with E-state index in [1.807, 2.05) is 73.7 Å². The van der Waals surface area contributed by atoms with Crippen molar-refractivity contribution in [3.05, 3.63) is 159 Å². The summed E-state index contributed by atoms with van der Waals surface area (Å²) in [4.78, 5) is 148. The van der Waals surface area contributed by atoms with Gasteiger partial charge in [-0.3, -0.25) is 48.5 Å². The normalized spacial score (nSPS) is 20.6. The number of ketones is 2. The fourth-order valence-corrected chi connectivity index (χ4v) is 17.9. The quantitative estimate of drug-likeness (QED) is 0.0102. The number of imide groups is 1. The van der Waals surface area contributed by atoms with Crippen LogP contribution in [0.2, 0.25) is 0 Å². The molecule has 9 N–H and O–H groups in total. The molecular formula is C91H117N9O17. The molecule has 0 unspecified atom stereocenters. The summed E-state index contributed by atoms with van der Waals surface area (Å²) in [5.74, 6) is 2.51. The van der Waals surface area contributed by atoms with Crippen molar-refractivity contribution in [2.24, 2.45) is 40.2 Å². The molecule has 117 heavy (non-hydrogen) atoms. The van der Waals surface area contributed by atoms with Gasteiger partial charge in [-0.25, -0.2) is 9.59 Å². The van der Waals surface area contributed by atoms with Crippen LogP contribution in [-0.2, 0) is 108 Å². The third kappa shape index (κ3) is 24.0. The molecule has 1 aliphatic heterocycles. The van der Waals surface area contributed by atoms with Crippen LogP contribution in [0.4, 0.5) is 26.7 Å². The molecule has 0 bridgehead atoms. The van der Waals surface area contributed by atoms with Crippen LogP contribution in [0.1, 0.15) is 188 Å². The highest BCUT2D eigenvalue weighted by Gasteiger charge is 2.59. The number of alkyl carbamates (subject to hydrolysis) is 1. The predicted octanol–water partition coefficient (Wildman–Crippen LogP) is 10.6. The topological polar surface area (TPSA) is 357 Å². The number of nitrogens with zero attached hydrogens (tertiary/aromatic N) is 1. The molecule has 628 valence electrons. The van der Waals surface area contributed by atoms with E-state index >= 15 is 0 Å². The van der Waals surface area contributed by atoms with E-state index in [2.05, 4.69) is 95.0 Å². The highest BCUT2D eigenvalue weighted by atomic mass is 16.6. The van der Waals surface area contributed by atoms with Crippen LogP contribution in [0.3, 0.4) is 0 Å². The first-order valence-electron chi connectivity index (χ1n) is 41.4. The summed E-state index contributed by atoms with van der Waals surface area (Å²) < 4.78 is 33.3. The number of carbonyl (C=O) groups excluding carboxylic acids is 11. The van der Waals surface area contributed by atoms with Crippen molar-refractivity contribution in [3.8, 4) is 11.8 Å². The lowest BCUT2D eigenvalue weighted by molar-refractivity contribution is -0.150. The Bertz CT molecular complexity index is 4440. The molecule has 5 aliphatic rings. The van der Waals surface area contributed by atoms with Gasteiger partial charge in [-0.1, -0.05) is 139 Å². The van der Waals surface area contributed by atoms with Crippen LogP contribution in [0.15, 0.2) is 109 Å². The molecule has 0 radical (unpaired) electrons. The summed E-state index contributed by atoms with van der Waals surface area (Å²) in [5.41, 5.74) is 14.3. The van der Waals surface area contributed by atoms with Crippen molar-refractivity contribution >= 4 is 82.1 Å². The minimum atomic E-state index is -0.910. The molecule has 8 atom stereocenters. The van der Waals surface area contributed by atoms with Crippen LogP contribution < -0.4 is 47.9 Å². The summed E-state index contributed by atoms with van der Waals surface area (Å²) >= 11 is 0. The van der Waals surface area contributed by atoms with E-state index in [0.29, 0.717) is 68.4 Å². The predicted molar refractivity (Wildman–Crippen MR) is 442 cm³/mol. The molecule has 5 aromatic carbocycles. The zero-order valence-corrected chi connectivity index (χ0v) is 68.9. The van der Waals surface area contributed by atoms with E-state index in [-0.39, 0.29) is 168 Å². The van der Waals surface area contributed by atoms with Crippen LogP contribution in [-0.4, -0.2) is 157 Å². The lowest BCUT2D eigenvalue weighted by atomic mass is 9.49. The van der Waals surface area contributed by atoms with Crippen LogP contribution in [0, 0.1) is 53.3 Å². The van der Waals surface area contributed by atoms with E-state index in [1.54, 1.807) is 43.0 Å². The van der Waals surface area contributed by atoms with E-state index in [0.717, 1.165) is 80.0 Å². The van der Waals surface area contributed by atoms with E-state index < -0.39 is 52.6 Å². The Balaban J connectivity index is 0.562. The number of fused-ring (bicyclic) bond motifs is 8. The van der Waals surface area contributed by atoms with Crippen molar-refractivity contribution < 1.29 is 81.2 Å². The number of urea groups is 1. The number of nitrogens with one attached hydrogen (secondary N) is 7. The molecule has 0 aromatic heterocycles. The molecule has 26 nitrogen and oxygen atoms in total. The fraction of sp³-hybridized carbons (Fsp3) is 0.527. The number of benzene rings is 5. The second-order valence-electron chi connectivity index (χ2n) is 32.9. The van der Waals surface area contributed by atoms with Gasteiger partial charge in [-0.15, -0.1) is 0 Å². The highest BCUT2D eigenvalue weighted by Crippen LogP contribution is 2.60. The van der Waals surface area contributed by atoms with Gasteiger partial charge >= 0.3 is 12.1 Å². The Labute approximate surface area is 686 Å². The van der Waals surface area contributed by atoms with Crippen LogP contribution in [0.5, 0.6) is 0 Å². The SMILES string of the molecule is Cc1ccc2c(c1)[C@@]1(C)CCC[C@](C)(C(=O)NC(=O)[C@@]3(C)CCC[C@]4(C)c5cc(NC(=O)COCCC(=O)CNC(=O)OCc6ccc(NC(=O)[C@H](CCCNC(N)=O)CC(=O)[C@@H](NC(=O)CCOCCOCCOCCOCCNC(=O)CCC(=O)N7Cc8ccccc8C#Cc8ccccc87)C(C)C)cc6)ccc5CC[C@@H]34)[C@@H]1CC2. The average Bonchev–Trinajstić information content (AvgIpc) is 0.726. The first-order valence-corrected chi connectivity index (χ1v) is 41.4. The number of amides is 10. The van der Waals surface area contributed by atoms with E-state index in [1.165, 1.54) is 22.3 Å². The zero-order valence-electron chi connectivity index (χ0n) is 68.9. The van der Waals surface area contributed by atoms with E-state index in [4.69, 9.17) is 34.2 Å². The lowest BCUT2D eigenvalue weighted by Crippen LogP contribution is -2.60. The van der Waals surface area contributed by atoms with Gasteiger partial charge in [-0.2, -0.15) is 0 Å². The van der Waals surface area contributed by atoms with Gasteiger partial charge in [-0.05, 0) is 176 Å². The number of Topliss-reactive ketones (excluding diaryl/α,β-unsaturated/α-hetero) is 2. The maximum atomic E-state index is 14.8. The third-order valence-electron chi connectivity index (χ3n) is 24.3. The summed E-state index contributed by atoms with van der Waals surface area (Å²) in [6.45, 7) is 16.3. The number of carbonyl (C=O) groups is 11. The highest BCUT2D eigenvalue weighted by molar-refractivity contribution is 6.02. The molecule has 0 saturated heterocycles. The van der Waals surface area contributed by atoms with Crippen molar-refractivity contribution in [1.29, 1.82) is 0 Å². The maximum Gasteiger partial charge on any atom is 0.407 e. The number of hydrogen-bond acceptors (Lipinski definition) is 17. The molecule has 26 heteroatoms. The number of hydrogen-bond donors (Lipinski definition) is 8. The number of rotatable bonds is 41. The minimum absolute atomic E-state index is 0.0290. The Morgan fingerprint density at radius 1 is 0.564 bits per heavy atom. The Hall–Kier alpha value is -10.2. The first-order chi connectivity index (χ1) is 56.2. The van der Waals surface area contributed by atoms with Crippen LogP contribution in [0.25, 0.3) is 0 Å². The summed E-state index contributed by atoms with van der Waals surface area (Å²) in [7, 11) is 0. The van der Waals surface area contributed by atoms with Crippen molar-refractivity contribution in [3.63, 3.8) is 0 Å². The van der Waals surface area contributed by atoms with Gasteiger partial charge in [0, 0.05) is 73.6 Å². The molecule has 2 saturated carbocycles. The molecule has 1 heterocycles.